The van der Waals surface area contributed by atoms with E-state index in [-0.39, 0.29) is 10.8 Å². The second kappa shape index (κ2) is 5.37. The lowest BCUT2D eigenvalue weighted by atomic mass is 10.4. The number of aromatic nitrogens is 3. The molecule has 4 nitrogen and oxygen atoms in total. The summed E-state index contributed by atoms with van der Waals surface area (Å²) in [7, 11) is 0. The van der Waals surface area contributed by atoms with Gasteiger partial charge < -0.3 is 5.32 Å². The van der Waals surface area contributed by atoms with Crippen molar-refractivity contribution in [2.45, 2.75) is 16.3 Å². The molecule has 0 saturated heterocycles. The average molecular weight is 274 g/mol. The van der Waals surface area contributed by atoms with E-state index in [1.807, 2.05) is 6.92 Å². The van der Waals surface area contributed by atoms with Crippen molar-refractivity contribution in [3.63, 3.8) is 0 Å². The first kappa shape index (κ1) is 12.2. The lowest BCUT2D eigenvalue weighted by molar-refractivity contribution is 0.551. The molecule has 8 heteroatoms. The molecule has 0 spiro atoms. The van der Waals surface area contributed by atoms with Gasteiger partial charge in [-0.25, -0.2) is 13.8 Å². The Morgan fingerprint density at radius 1 is 1.41 bits per heavy atom. The molecule has 0 fully saturated rings. The standard InChI is InChI=1S/C9H8F2N4S2/c1-2-12-7-5(10)3-6(11)8(14-7)17-9-15-13-4-16-9/h3-4H,2H2,1H3,(H,12,14). The summed E-state index contributed by atoms with van der Waals surface area (Å²) in [4.78, 5) is 3.88. The molecule has 0 aliphatic carbocycles. The molecule has 1 N–H and O–H groups in total. The van der Waals surface area contributed by atoms with E-state index in [9.17, 15) is 8.78 Å². The number of halogens is 2. The van der Waals surface area contributed by atoms with Gasteiger partial charge in [0.05, 0.1) is 0 Å². The maximum Gasteiger partial charge on any atom is 0.180 e. The van der Waals surface area contributed by atoms with Crippen LogP contribution in [0, 0.1) is 11.6 Å². The summed E-state index contributed by atoms with van der Waals surface area (Å²) in [6.45, 7) is 2.32. The van der Waals surface area contributed by atoms with Crippen molar-refractivity contribution in [2.24, 2.45) is 0 Å². The molecule has 0 unspecified atom stereocenters. The fourth-order valence-corrected chi connectivity index (χ4v) is 2.49. The number of rotatable bonds is 4. The summed E-state index contributed by atoms with van der Waals surface area (Å²) in [5, 5.41) is 10.2. The minimum absolute atomic E-state index is 0.0425. The van der Waals surface area contributed by atoms with Crippen molar-refractivity contribution in [3.05, 3.63) is 23.2 Å². The third-order valence-electron chi connectivity index (χ3n) is 1.77. The Morgan fingerprint density at radius 2 is 2.24 bits per heavy atom. The van der Waals surface area contributed by atoms with E-state index in [4.69, 9.17) is 0 Å². The Hall–Kier alpha value is -1.28. The molecule has 0 amide bonds. The van der Waals surface area contributed by atoms with E-state index in [0.29, 0.717) is 10.9 Å². The molecule has 0 aromatic carbocycles. The molecule has 2 heterocycles. The van der Waals surface area contributed by atoms with Crippen molar-refractivity contribution < 1.29 is 8.78 Å². The second-order valence-corrected chi connectivity index (χ2v) is 5.01. The monoisotopic (exact) mass is 274 g/mol. The average Bonchev–Trinajstić information content (AvgIpc) is 2.78. The molecular formula is C9H8F2N4S2. The third-order valence-corrected chi connectivity index (χ3v) is 3.52. The molecule has 2 rings (SSSR count). The van der Waals surface area contributed by atoms with E-state index in [2.05, 4.69) is 20.5 Å². The Labute approximate surface area is 104 Å². The van der Waals surface area contributed by atoms with Crippen LogP contribution in [0.5, 0.6) is 0 Å². The number of anilines is 1. The first-order valence-corrected chi connectivity index (χ1v) is 6.44. The maximum absolute atomic E-state index is 13.5. The van der Waals surface area contributed by atoms with E-state index in [1.54, 1.807) is 0 Å². The van der Waals surface area contributed by atoms with Crippen molar-refractivity contribution in [2.75, 3.05) is 11.9 Å². The summed E-state index contributed by atoms with van der Waals surface area (Å²) in [5.41, 5.74) is 1.54. The van der Waals surface area contributed by atoms with Crippen LogP contribution in [-0.4, -0.2) is 21.7 Å². The van der Waals surface area contributed by atoms with Gasteiger partial charge in [0, 0.05) is 12.6 Å². The number of nitrogens with zero attached hydrogens (tertiary/aromatic N) is 3. The number of pyridine rings is 1. The van der Waals surface area contributed by atoms with Crippen LogP contribution in [0.3, 0.4) is 0 Å². The minimum Gasteiger partial charge on any atom is -0.368 e. The van der Waals surface area contributed by atoms with Gasteiger partial charge in [-0.05, 0) is 18.7 Å². The largest absolute Gasteiger partial charge is 0.368 e. The summed E-state index contributed by atoms with van der Waals surface area (Å²) in [5.74, 6) is -1.36. The van der Waals surface area contributed by atoms with Crippen molar-refractivity contribution in [1.82, 2.24) is 15.2 Å². The van der Waals surface area contributed by atoms with Crippen LogP contribution in [0.25, 0.3) is 0 Å². The van der Waals surface area contributed by atoms with Crippen molar-refractivity contribution in [3.8, 4) is 0 Å². The summed E-state index contributed by atoms with van der Waals surface area (Å²) in [6.07, 6.45) is 0. The van der Waals surface area contributed by atoms with Crippen LogP contribution in [0.4, 0.5) is 14.6 Å². The molecule has 17 heavy (non-hydrogen) atoms. The second-order valence-electron chi connectivity index (χ2n) is 2.94. The number of hydrogen-bond acceptors (Lipinski definition) is 6. The zero-order valence-corrected chi connectivity index (χ0v) is 10.4. The third kappa shape index (κ3) is 2.89. The van der Waals surface area contributed by atoms with Gasteiger partial charge in [-0.2, -0.15) is 0 Å². The molecule has 2 aromatic rings. The topological polar surface area (TPSA) is 50.7 Å². The molecule has 0 bridgehead atoms. The van der Waals surface area contributed by atoms with Gasteiger partial charge in [-0.15, -0.1) is 10.2 Å². The van der Waals surface area contributed by atoms with Gasteiger partial charge >= 0.3 is 0 Å². The van der Waals surface area contributed by atoms with Gasteiger partial charge in [0.1, 0.15) is 10.5 Å². The molecule has 0 radical (unpaired) electrons. The molecule has 0 atom stereocenters. The van der Waals surface area contributed by atoms with Gasteiger partial charge in [0.15, 0.2) is 21.8 Å². The smallest absolute Gasteiger partial charge is 0.180 e. The highest BCUT2D eigenvalue weighted by Crippen LogP contribution is 2.30. The predicted molar refractivity (Wildman–Crippen MR) is 62.3 cm³/mol. The maximum atomic E-state index is 13.5. The number of nitrogens with one attached hydrogen (secondary N) is 1. The predicted octanol–water partition coefficient (Wildman–Crippen LogP) is 2.79. The van der Waals surface area contributed by atoms with Gasteiger partial charge in [-0.3, -0.25) is 0 Å². The van der Waals surface area contributed by atoms with Crippen LogP contribution in [0.2, 0.25) is 0 Å². The van der Waals surface area contributed by atoms with Crippen LogP contribution in [0.15, 0.2) is 20.9 Å². The SMILES string of the molecule is CCNc1nc(Sc2nncs2)c(F)cc1F. The van der Waals surface area contributed by atoms with Crippen LogP contribution < -0.4 is 5.32 Å². The fourth-order valence-electron chi connectivity index (χ4n) is 1.10. The van der Waals surface area contributed by atoms with Crippen LogP contribution in [0.1, 0.15) is 6.92 Å². The molecule has 2 aromatic heterocycles. The summed E-state index contributed by atoms with van der Waals surface area (Å²) in [6, 6.07) is 0.814. The first-order valence-electron chi connectivity index (χ1n) is 4.74. The Balaban J connectivity index is 2.29. The van der Waals surface area contributed by atoms with E-state index in [0.717, 1.165) is 17.8 Å². The Kier molecular flexibility index (Phi) is 3.85. The lowest BCUT2D eigenvalue weighted by Crippen LogP contribution is -2.04. The van der Waals surface area contributed by atoms with Crippen molar-refractivity contribution >= 4 is 28.9 Å². The zero-order valence-electron chi connectivity index (χ0n) is 8.78. The highest BCUT2D eigenvalue weighted by molar-refractivity contribution is 8.00. The van der Waals surface area contributed by atoms with Gasteiger partial charge in [0.2, 0.25) is 0 Å². The van der Waals surface area contributed by atoms with Crippen molar-refractivity contribution in [1.29, 1.82) is 0 Å². The minimum atomic E-state index is -0.704. The van der Waals surface area contributed by atoms with E-state index < -0.39 is 11.6 Å². The Bertz CT molecular complexity index is 504. The molecular weight excluding hydrogens is 266 g/mol. The number of hydrogen-bond donors (Lipinski definition) is 1. The molecule has 0 aliphatic heterocycles. The molecule has 90 valence electrons. The van der Waals surface area contributed by atoms with Crippen LogP contribution in [-0.2, 0) is 0 Å². The highest BCUT2D eigenvalue weighted by Gasteiger charge is 2.13. The Morgan fingerprint density at radius 3 is 2.88 bits per heavy atom. The van der Waals surface area contributed by atoms with E-state index >= 15 is 0 Å². The molecule has 0 aliphatic rings. The first-order chi connectivity index (χ1) is 8.20. The van der Waals surface area contributed by atoms with Crippen LogP contribution >= 0.6 is 23.1 Å². The van der Waals surface area contributed by atoms with Gasteiger partial charge in [-0.1, -0.05) is 11.3 Å². The quantitative estimate of drug-likeness (QED) is 0.929. The summed E-state index contributed by atoms with van der Waals surface area (Å²) < 4.78 is 27.3. The zero-order chi connectivity index (χ0) is 12.3. The fraction of sp³-hybridized carbons (Fsp3) is 0.222. The summed E-state index contributed by atoms with van der Waals surface area (Å²) >= 11 is 2.29. The lowest BCUT2D eigenvalue weighted by Gasteiger charge is -2.06. The normalized spacial score (nSPS) is 10.5. The van der Waals surface area contributed by atoms with E-state index in [1.165, 1.54) is 16.8 Å². The van der Waals surface area contributed by atoms with Gasteiger partial charge in [0.25, 0.3) is 0 Å². The molecule has 0 saturated carbocycles. The highest BCUT2D eigenvalue weighted by atomic mass is 32.2.